The van der Waals surface area contributed by atoms with Gasteiger partial charge in [0.25, 0.3) is 0 Å². The SMILES string of the molecule is COc1cc(N)cc(C(=O)OCc2ccc(O)cc2)c1. The standard InChI is InChI=1S/C15H15NO4/c1-19-14-7-11(6-12(16)8-14)15(18)20-9-10-2-4-13(17)5-3-10/h2-8,17H,9,16H2,1H3. The van der Waals surface area contributed by atoms with Crippen LogP contribution in [0, 0.1) is 0 Å². The van der Waals surface area contributed by atoms with Crippen molar-refractivity contribution in [3.8, 4) is 11.5 Å². The molecule has 0 heterocycles. The van der Waals surface area contributed by atoms with E-state index in [1.54, 1.807) is 24.3 Å². The van der Waals surface area contributed by atoms with Crippen LogP contribution < -0.4 is 10.5 Å². The summed E-state index contributed by atoms with van der Waals surface area (Å²) in [5.74, 6) is 0.186. The van der Waals surface area contributed by atoms with Gasteiger partial charge in [-0.3, -0.25) is 0 Å². The number of ether oxygens (including phenoxy) is 2. The van der Waals surface area contributed by atoms with Crippen LogP contribution in [0.25, 0.3) is 0 Å². The molecule has 0 unspecified atom stereocenters. The van der Waals surface area contributed by atoms with Gasteiger partial charge in [-0.05, 0) is 29.8 Å². The molecule has 0 amide bonds. The van der Waals surface area contributed by atoms with Gasteiger partial charge in [-0.1, -0.05) is 12.1 Å². The molecule has 3 N–H and O–H groups in total. The molecule has 2 rings (SSSR count). The number of aromatic hydroxyl groups is 1. The molecule has 0 saturated carbocycles. The lowest BCUT2D eigenvalue weighted by molar-refractivity contribution is 0.0472. The summed E-state index contributed by atoms with van der Waals surface area (Å²) in [6.45, 7) is 0.121. The lowest BCUT2D eigenvalue weighted by Gasteiger charge is -2.08. The van der Waals surface area contributed by atoms with Crippen LogP contribution in [0.5, 0.6) is 11.5 Å². The molecule has 20 heavy (non-hydrogen) atoms. The second-order valence-corrected chi connectivity index (χ2v) is 4.24. The highest BCUT2D eigenvalue weighted by Gasteiger charge is 2.10. The molecule has 0 fully saturated rings. The fourth-order valence-corrected chi connectivity index (χ4v) is 1.68. The number of hydrogen-bond donors (Lipinski definition) is 2. The van der Waals surface area contributed by atoms with E-state index >= 15 is 0 Å². The lowest BCUT2D eigenvalue weighted by Crippen LogP contribution is -2.06. The Kier molecular flexibility index (Phi) is 4.10. The zero-order valence-corrected chi connectivity index (χ0v) is 11.0. The van der Waals surface area contributed by atoms with Gasteiger partial charge in [0.05, 0.1) is 12.7 Å². The molecule has 5 heteroatoms. The monoisotopic (exact) mass is 273 g/mol. The maximum absolute atomic E-state index is 11.9. The van der Waals surface area contributed by atoms with Crippen LogP contribution in [0.2, 0.25) is 0 Å². The van der Waals surface area contributed by atoms with Crippen molar-refractivity contribution in [2.75, 3.05) is 12.8 Å². The van der Waals surface area contributed by atoms with E-state index in [9.17, 15) is 4.79 Å². The summed E-state index contributed by atoms with van der Waals surface area (Å²) < 4.78 is 10.2. The predicted molar refractivity (Wildman–Crippen MR) is 74.6 cm³/mol. The minimum absolute atomic E-state index is 0.121. The molecule has 0 aliphatic carbocycles. The lowest BCUT2D eigenvalue weighted by atomic mass is 10.2. The average Bonchev–Trinajstić information content (AvgIpc) is 2.45. The number of phenolic OH excluding ortho intramolecular Hbond substituents is 1. The van der Waals surface area contributed by atoms with Gasteiger partial charge < -0.3 is 20.3 Å². The van der Waals surface area contributed by atoms with E-state index in [0.29, 0.717) is 17.0 Å². The maximum Gasteiger partial charge on any atom is 0.338 e. The Morgan fingerprint density at radius 1 is 1.20 bits per heavy atom. The molecule has 0 radical (unpaired) electrons. The van der Waals surface area contributed by atoms with Gasteiger partial charge in [0.2, 0.25) is 0 Å². The summed E-state index contributed by atoms with van der Waals surface area (Å²) in [7, 11) is 1.50. The molecule has 0 atom stereocenters. The molecule has 0 aliphatic rings. The van der Waals surface area contributed by atoms with Crippen LogP contribution in [-0.4, -0.2) is 18.2 Å². The van der Waals surface area contributed by atoms with Gasteiger partial charge in [-0.25, -0.2) is 4.79 Å². The van der Waals surface area contributed by atoms with Crippen molar-refractivity contribution in [3.05, 3.63) is 53.6 Å². The van der Waals surface area contributed by atoms with Crippen molar-refractivity contribution in [3.63, 3.8) is 0 Å². The van der Waals surface area contributed by atoms with Gasteiger partial charge in [0, 0.05) is 11.8 Å². The van der Waals surface area contributed by atoms with Crippen LogP contribution in [0.1, 0.15) is 15.9 Å². The number of nitrogens with two attached hydrogens (primary N) is 1. The van der Waals surface area contributed by atoms with E-state index in [2.05, 4.69) is 0 Å². The number of hydrogen-bond acceptors (Lipinski definition) is 5. The molecule has 0 aliphatic heterocycles. The minimum Gasteiger partial charge on any atom is -0.508 e. The molecule has 5 nitrogen and oxygen atoms in total. The molecular weight excluding hydrogens is 258 g/mol. The van der Waals surface area contributed by atoms with Gasteiger partial charge in [0.1, 0.15) is 18.1 Å². The number of benzene rings is 2. The zero-order chi connectivity index (χ0) is 14.5. The quantitative estimate of drug-likeness (QED) is 0.660. The van der Waals surface area contributed by atoms with Crippen molar-refractivity contribution >= 4 is 11.7 Å². The molecule has 104 valence electrons. The zero-order valence-electron chi connectivity index (χ0n) is 11.0. The highest BCUT2D eigenvalue weighted by atomic mass is 16.5. The van der Waals surface area contributed by atoms with Crippen LogP contribution in [0.4, 0.5) is 5.69 Å². The highest BCUT2D eigenvalue weighted by Crippen LogP contribution is 2.19. The van der Waals surface area contributed by atoms with Gasteiger partial charge >= 0.3 is 5.97 Å². The molecule has 0 aromatic heterocycles. The number of esters is 1. The summed E-state index contributed by atoms with van der Waals surface area (Å²) in [5, 5.41) is 9.16. The van der Waals surface area contributed by atoms with Crippen molar-refractivity contribution in [2.45, 2.75) is 6.61 Å². The summed E-state index contributed by atoms with van der Waals surface area (Å²) in [6.07, 6.45) is 0. The first-order chi connectivity index (χ1) is 9.58. The number of carbonyl (C=O) groups excluding carboxylic acids is 1. The third-order valence-electron chi connectivity index (χ3n) is 2.71. The first kappa shape index (κ1) is 13.7. The first-order valence-electron chi connectivity index (χ1n) is 5.98. The Labute approximate surface area is 116 Å². The topological polar surface area (TPSA) is 81.8 Å². The number of phenols is 1. The number of methoxy groups -OCH3 is 1. The number of rotatable bonds is 4. The summed E-state index contributed by atoms with van der Waals surface area (Å²) in [6, 6.07) is 11.2. The summed E-state index contributed by atoms with van der Waals surface area (Å²) in [4.78, 5) is 11.9. The molecule has 0 spiro atoms. The Morgan fingerprint density at radius 3 is 2.55 bits per heavy atom. The molecule has 2 aromatic rings. The second-order valence-electron chi connectivity index (χ2n) is 4.24. The smallest absolute Gasteiger partial charge is 0.338 e. The molecular formula is C15H15NO4. The fourth-order valence-electron chi connectivity index (χ4n) is 1.68. The molecule has 0 bridgehead atoms. The molecule has 0 saturated heterocycles. The van der Waals surface area contributed by atoms with Crippen LogP contribution in [-0.2, 0) is 11.3 Å². The predicted octanol–water partition coefficient (Wildman–Crippen LogP) is 2.34. The van der Waals surface area contributed by atoms with Crippen molar-refractivity contribution in [2.24, 2.45) is 0 Å². The van der Waals surface area contributed by atoms with E-state index in [1.165, 1.54) is 25.3 Å². The number of nitrogen functional groups attached to an aromatic ring is 1. The van der Waals surface area contributed by atoms with E-state index < -0.39 is 5.97 Å². The maximum atomic E-state index is 11.9. The third-order valence-corrected chi connectivity index (χ3v) is 2.71. The summed E-state index contributed by atoms with van der Waals surface area (Å²) in [5.41, 5.74) is 7.23. The Balaban J connectivity index is 2.04. The number of anilines is 1. The normalized spacial score (nSPS) is 10.1. The number of carbonyl (C=O) groups is 1. The van der Waals surface area contributed by atoms with Crippen LogP contribution >= 0.6 is 0 Å². The molecule has 2 aromatic carbocycles. The van der Waals surface area contributed by atoms with E-state index in [-0.39, 0.29) is 12.4 Å². The van der Waals surface area contributed by atoms with E-state index in [0.717, 1.165) is 5.56 Å². The van der Waals surface area contributed by atoms with Crippen molar-refractivity contribution < 1.29 is 19.4 Å². The van der Waals surface area contributed by atoms with Crippen LogP contribution in [0.3, 0.4) is 0 Å². The Morgan fingerprint density at radius 2 is 1.90 bits per heavy atom. The van der Waals surface area contributed by atoms with Gasteiger partial charge in [-0.2, -0.15) is 0 Å². The Bertz CT molecular complexity index is 608. The summed E-state index contributed by atoms with van der Waals surface area (Å²) >= 11 is 0. The first-order valence-corrected chi connectivity index (χ1v) is 5.98. The average molecular weight is 273 g/mol. The van der Waals surface area contributed by atoms with Crippen molar-refractivity contribution in [1.82, 2.24) is 0 Å². The third kappa shape index (κ3) is 3.41. The van der Waals surface area contributed by atoms with Crippen LogP contribution in [0.15, 0.2) is 42.5 Å². The van der Waals surface area contributed by atoms with Gasteiger partial charge in [0.15, 0.2) is 0 Å². The van der Waals surface area contributed by atoms with E-state index in [4.69, 9.17) is 20.3 Å². The minimum atomic E-state index is -0.483. The van der Waals surface area contributed by atoms with Gasteiger partial charge in [-0.15, -0.1) is 0 Å². The fraction of sp³-hybridized carbons (Fsp3) is 0.133. The second kappa shape index (κ2) is 5.97. The highest BCUT2D eigenvalue weighted by molar-refractivity contribution is 5.91. The Hall–Kier alpha value is -2.69. The van der Waals surface area contributed by atoms with E-state index in [1.807, 2.05) is 0 Å². The largest absolute Gasteiger partial charge is 0.508 e. The van der Waals surface area contributed by atoms with Crippen molar-refractivity contribution in [1.29, 1.82) is 0 Å².